The van der Waals surface area contributed by atoms with Crippen LogP contribution in [0.2, 0.25) is 0 Å². The Morgan fingerprint density at radius 3 is 1.82 bits per heavy atom. The molecule has 0 aromatic heterocycles. The van der Waals surface area contributed by atoms with E-state index in [2.05, 4.69) is 0 Å². The zero-order chi connectivity index (χ0) is 29.6. The van der Waals surface area contributed by atoms with Crippen LogP contribution in [0.4, 0.5) is 0 Å². The SMILES string of the molecule is CCCCCC(=O)Oc1ccc(C[C@H](N)C(=O)O[C@@H](C)C(C)OC(=O)C(C)(C)C)cc1OC(=O)CCCCC. The molecule has 0 spiro atoms. The summed E-state index contributed by atoms with van der Waals surface area (Å²) < 4.78 is 21.8. The van der Waals surface area contributed by atoms with Crippen LogP contribution in [-0.2, 0) is 35.1 Å². The molecule has 2 N–H and O–H groups in total. The second-order valence-corrected chi connectivity index (χ2v) is 11.0. The molecule has 0 aliphatic rings. The van der Waals surface area contributed by atoms with E-state index in [1.54, 1.807) is 46.8 Å². The summed E-state index contributed by atoms with van der Waals surface area (Å²) in [6.45, 7) is 12.6. The fraction of sp³-hybridized carbons (Fsp3) is 0.667. The largest absolute Gasteiger partial charge is 0.458 e. The number of benzene rings is 1. The third-order valence-corrected chi connectivity index (χ3v) is 6.05. The molecule has 0 fully saturated rings. The molecule has 1 aromatic rings. The van der Waals surface area contributed by atoms with Gasteiger partial charge in [-0.15, -0.1) is 0 Å². The van der Waals surface area contributed by atoms with Gasteiger partial charge in [-0.25, -0.2) is 0 Å². The highest BCUT2D eigenvalue weighted by Gasteiger charge is 2.29. The fourth-order valence-corrected chi connectivity index (χ4v) is 3.37. The predicted molar refractivity (Wildman–Crippen MR) is 148 cm³/mol. The van der Waals surface area contributed by atoms with Gasteiger partial charge in [0.15, 0.2) is 11.5 Å². The molecule has 9 nitrogen and oxygen atoms in total. The van der Waals surface area contributed by atoms with Gasteiger partial charge < -0.3 is 24.7 Å². The van der Waals surface area contributed by atoms with E-state index in [1.807, 2.05) is 13.8 Å². The Labute approximate surface area is 233 Å². The van der Waals surface area contributed by atoms with Crippen molar-refractivity contribution >= 4 is 23.9 Å². The minimum absolute atomic E-state index is 0.0901. The lowest BCUT2D eigenvalue weighted by Crippen LogP contribution is -2.40. The predicted octanol–water partition coefficient (Wildman–Crippen LogP) is 5.44. The summed E-state index contributed by atoms with van der Waals surface area (Å²) in [6.07, 6.45) is 4.40. The van der Waals surface area contributed by atoms with Crippen LogP contribution >= 0.6 is 0 Å². The number of carbonyl (C=O) groups is 4. The first-order chi connectivity index (χ1) is 18.3. The zero-order valence-electron chi connectivity index (χ0n) is 24.7. The van der Waals surface area contributed by atoms with Crippen molar-refractivity contribution in [2.24, 2.45) is 11.1 Å². The highest BCUT2D eigenvalue weighted by molar-refractivity contribution is 5.78. The smallest absolute Gasteiger partial charge is 0.323 e. The van der Waals surface area contributed by atoms with Crippen LogP contribution in [-0.4, -0.2) is 42.1 Å². The second kappa shape index (κ2) is 16.9. The van der Waals surface area contributed by atoms with Gasteiger partial charge in [-0.3, -0.25) is 19.2 Å². The minimum atomic E-state index is -1.02. The Bertz CT molecular complexity index is 953. The molecule has 220 valence electrons. The summed E-state index contributed by atoms with van der Waals surface area (Å²) in [5, 5.41) is 0. The topological polar surface area (TPSA) is 131 Å². The molecule has 0 aliphatic heterocycles. The highest BCUT2D eigenvalue weighted by Crippen LogP contribution is 2.30. The van der Waals surface area contributed by atoms with E-state index in [1.165, 1.54) is 6.07 Å². The average Bonchev–Trinajstić information content (AvgIpc) is 2.85. The Hall–Kier alpha value is -2.94. The number of rotatable bonds is 16. The van der Waals surface area contributed by atoms with Crippen molar-refractivity contribution in [3.05, 3.63) is 23.8 Å². The van der Waals surface area contributed by atoms with Crippen LogP contribution < -0.4 is 15.2 Å². The van der Waals surface area contributed by atoms with Crippen molar-refractivity contribution in [3.8, 4) is 11.5 Å². The summed E-state index contributed by atoms with van der Waals surface area (Å²) >= 11 is 0. The third kappa shape index (κ3) is 13.1. The maximum absolute atomic E-state index is 12.6. The molecular weight excluding hydrogens is 502 g/mol. The van der Waals surface area contributed by atoms with Crippen LogP contribution in [0.5, 0.6) is 11.5 Å². The van der Waals surface area contributed by atoms with E-state index in [9.17, 15) is 19.2 Å². The third-order valence-electron chi connectivity index (χ3n) is 6.05. The van der Waals surface area contributed by atoms with Gasteiger partial charge in [0.25, 0.3) is 0 Å². The normalized spacial score (nSPS) is 13.6. The molecule has 0 aliphatic carbocycles. The molecule has 0 radical (unpaired) electrons. The molecule has 1 unspecified atom stereocenters. The van der Waals surface area contributed by atoms with Crippen LogP contribution in [0.25, 0.3) is 0 Å². The first kappa shape index (κ1) is 34.1. The molecule has 9 heteroatoms. The fourth-order valence-electron chi connectivity index (χ4n) is 3.37. The van der Waals surface area contributed by atoms with Crippen LogP contribution in [0.15, 0.2) is 18.2 Å². The van der Waals surface area contributed by atoms with Crippen LogP contribution in [0.1, 0.15) is 105 Å². The lowest BCUT2D eigenvalue weighted by atomic mass is 9.97. The molecule has 39 heavy (non-hydrogen) atoms. The molecule has 3 atom stereocenters. The molecule has 1 rings (SSSR count). The summed E-state index contributed by atoms with van der Waals surface area (Å²) in [4.78, 5) is 49.5. The van der Waals surface area contributed by atoms with Gasteiger partial charge in [0.2, 0.25) is 0 Å². The summed E-state index contributed by atoms with van der Waals surface area (Å²) in [5.41, 5.74) is 6.03. The van der Waals surface area contributed by atoms with Gasteiger partial charge in [0.05, 0.1) is 5.41 Å². The molecular formula is C30H47NO8. The van der Waals surface area contributed by atoms with Crippen molar-refractivity contribution < 1.29 is 38.1 Å². The highest BCUT2D eigenvalue weighted by atomic mass is 16.6. The van der Waals surface area contributed by atoms with Crippen LogP contribution in [0, 0.1) is 5.41 Å². The van der Waals surface area contributed by atoms with Crippen molar-refractivity contribution in [2.45, 2.75) is 125 Å². The zero-order valence-corrected chi connectivity index (χ0v) is 24.7. The van der Waals surface area contributed by atoms with Gasteiger partial charge in [-0.2, -0.15) is 0 Å². The Kier molecular flexibility index (Phi) is 14.8. The second-order valence-electron chi connectivity index (χ2n) is 11.0. The molecule has 0 heterocycles. The van der Waals surface area contributed by atoms with Crippen LogP contribution in [0.3, 0.4) is 0 Å². The van der Waals surface area contributed by atoms with Gasteiger partial charge in [-0.05, 0) is 71.6 Å². The number of unbranched alkanes of at least 4 members (excludes halogenated alkanes) is 4. The Morgan fingerprint density at radius 1 is 0.795 bits per heavy atom. The lowest BCUT2D eigenvalue weighted by Gasteiger charge is -2.25. The maximum Gasteiger partial charge on any atom is 0.323 e. The van der Waals surface area contributed by atoms with E-state index in [4.69, 9.17) is 24.7 Å². The Balaban J connectivity index is 2.91. The summed E-state index contributed by atoms with van der Waals surface area (Å²) in [5.74, 6) is -1.65. The van der Waals surface area contributed by atoms with E-state index < -0.39 is 47.5 Å². The van der Waals surface area contributed by atoms with Gasteiger partial charge in [-0.1, -0.05) is 45.6 Å². The number of hydrogen-bond donors (Lipinski definition) is 1. The van der Waals surface area contributed by atoms with Crippen molar-refractivity contribution in [1.29, 1.82) is 0 Å². The quantitative estimate of drug-likeness (QED) is 0.163. The number of esters is 4. The van der Waals surface area contributed by atoms with Crippen molar-refractivity contribution in [2.75, 3.05) is 0 Å². The molecule has 0 saturated carbocycles. The summed E-state index contributed by atoms with van der Waals surface area (Å²) in [6, 6.07) is 3.73. The molecule has 0 bridgehead atoms. The molecule has 0 saturated heterocycles. The number of carbonyl (C=O) groups excluding carboxylic acids is 4. The van der Waals surface area contributed by atoms with E-state index in [0.717, 1.165) is 25.7 Å². The van der Waals surface area contributed by atoms with Crippen molar-refractivity contribution in [3.63, 3.8) is 0 Å². The lowest BCUT2D eigenvalue weighted by molar-refractivity contribution is -0.171. The average molecular weight is 550 g/mol. The number of ether oxygens (including phenoxy) is 4. The monoisotopic (exact) mass is 549 g/mol. The first-order valence-electron chi connectivity index (χ1n) is 14.0. The summed E-state index contributed by atoms with van der Waals surface area (Å²) in [7, 11) is 0. The van der Waals surface area contributed by atoms with Gasteiger partial charge in [0.1, 0.15) is 18.2 Å². The molecule has 1 aromatic carbocycles. The number of hydrogen-bond acceptors (Lipinski definition) is 9. The molecule has 0 amide bonds. The van der Waals surface area contributed by atoms with E-state index in [0.29, 0.717) is 18.4 Å². The van der Waals surface area contributed by atoms with E-state index >= 15 is 0 Å². The van der Waals surface area contributed by atoms with Gasteiger partial charge in [0, 0.05) is 12.8 Å². The van der Waals surface area contributed by atoms with Gasteiger partial charge >= 0.3 is 23.9 Å². The maximum atomic E-state index is 12.6. The van der Waals surface area contributed by atoms with Crippen molar-refractivity contribution in [1.82, 2.24) is 0 Å². The number of nitrogens with two attached hydrogens (primary N) is 1. The standard InChI is InChI=1S/C30H47NO8/c1-8-10-12-14-26(32)38-24-17-16-22(19-25(24)39-27(33)15-13-11-9-2)18-23(31)28(34)36-20(3)21(4)37-29(35)30(5,6)7/h16-17,19-21,23H,8-15,18,31H2,1-7H3/t20-,21?,23-/m0/s1. The minimum Gasteiger partial charge on any atom is -0.458 e. The Morgan fingerprint density at radius 2 is 1.31 bits per heavy atom. The first-order valence-corrected chi connectivity index (χ1v) is 14.0. The van der Waals surface area contributed by atoms with E-state index in [-0.39, 0.29) is 30.8 Å².